The van der Waals surface area contributed by atoms with Crippen LogP contribution in [0.15, 0.2) is 18.2 Å². The zero-order valence-electron chi connectivity index (χ0n) is 5.95. The van der Waals surface area contributed by atoms with Crippen LogP contribution in [0.2, 0.25) is 0 Å². The van der Waals surface area contributed by atoms with Gasteiger partial charge in [0, 0.05) is 5.56 Å². The van der Waals surface area contributed by atoms with Crippen LogP contribution in [0.25, 0.3) is 10.2 Å². The van der Waals surface area contributed by atoms with Crippen molar-refractivity contribution in [2.24, 2.45) is 0 Å². The average Bonchev–Trinajstić information content (AvgIpc) is 2.43. The highest BCUT2D eigenvalue weighted by Gasteiger charge is 2.02. The maximum Gasteiger partial charge on any atom is 0.270 e. The number of aromatic nitrogens is 1. The third kappa shape index (κ3) is 1.10. The summed E-state index contributed by atoms with van der Waals surface area (Å²) in [5, 5.41) is -0.465. The van der Waals surface area contributed by atoms with E-state index in [4.69, 9.17) is 0 Å². The fourth-order valence-electron chi connectivity index (χ4n) is 0.986. The summed E-state index contributed by atoms with van der Waals surface area (Å²) in [5.74, 6) is 0. The Morgan fingerprint density at radius 2 is 2.33 bits per heavy atom. The van der Waals surface area contributed by atoms with Crippen LogP contribution in [0.4, 0.5) is 4.39 Å². The van der Waals surface area contributed by atoms with Crippen LogP contribution in [-0.4, -0.2) is 11.3 Å². The standard InChI is InChI=1S/C8H4FNOS/c9-8-10-6-2-1-5(4-11)3-7(6)12-8/h1-4H. The Kier molecular flexibility index (Phi) is 1.62. The Balaban J connectivity index is 2.74. The van der Waals surface area contributed by atoms with E-state index in [0.29, 0.717) is 15.8 Å². The second-order valence-corrected chi connectivity index (χ2v) is 3.29. The first-order valence-electron chi connectivity index (χ1n) is 3.31. The summed E-state index contributed by atoms with van der Waals surface area (Å²) in [5.41, 5.74) is 1.15. The quantitative estimate of drug-likeness (QED) is 0.631. The lowest BCUT2D eigenvalue weighted by molar-refractivity contribution is 0.112. The van der Waals surface area contributed by atoms with Gasteiger partial charge in [-0.2, -0.15) is 4.39 Å². The van der Waals surface area contributed by atoms with E-state index in [9.17, 15) is 9.18 Å². The maximum atomic E-state index is 12.6. The molecule has 1 aromatic heterocycles. The van der Waals surface area contributed by atoms with Crippen molar-refractivity contribution in [3.8, 4) is 0 Å². The molecule has 0 N–H and O–H groups in total. The molecule has 0 radical (unpaired) electrons. The number of hydrogen-bond donors (Lipinski definition) is 0. The van der Waals surface area contributed by atoms with Crippen LogP contribution in [0.1, 0.15) is 10.4 Å². The Labute approximate surface area is 71.7 Å². The number of rotatable bonds is 1. The van der Waals surface area contributed by atoms with Crippen LogP contribution in [0.3, 0.4) is 0 Å². The Hall–Kier alpha value is -1.29. The second kappa shape index (κ2) is 2.64. The minimum Gasteiger partial charge on any atom is -0.298 e. The lowest BCUT2D eigenvalue weighted by Gasteiger charge is -1.87. The molecule has 0 bridgehead atoms. The van der Waals surface area contributed by atoms with Crippen molar-refractivity contribution >= 4 is 27.8 Å². The van der Waals surface area contributed by atoms with Crippen LogP contribution in [0, 0.1) is 5.26 Å². The van der Waals surface area contributed by atoms with Crippen LogP contribution in [-0.2, 0) is 0 Å². The summed E-state index contributed by atoms with van der Waals surface area (Å²) in [6.45, 7) is 0. The maximum absolute atomic E-state index is 12.6. The first-order chi connectivity index (χ1) is 5.79. The minimum absolute atomic E-state index is 0.465. The highest BCUT2D eigenvalue weighted by Crippen LogP contribution is 2.21. The predicted octanol–water partition coefficient (Wildman–Crippen LogP) is 2.25. The number of halogens is 1. The molecule has 2 rings (SSSR count). The first-order valence-corrected chi connectivity index (χ1v) is 4.12. The minimum atomic E-state index is -0.465. The molecule has 60 valence electrons. The molecule has 0 aliphatic carbocycles. The molecule has 12 heavy (non-hydrogen) atoms. The topological polar surface area (TPSA) is 30.0 Å². The van der Waals surface area contributed by atoms with Crippen molar-refractivity contribution in [1.82, 2.24) is 4.98 Å². The number of nitrogens with zero attached hydrogens (tertiary/aromatic N) is 1. The van der Waals surface area contributed by atoms with Crippen LogP contribution in [0.5, 0.6) is 0 Å². The molecule has 0 fully saturated rings. The van der Waals surface area contributed by atoms with Gasteiger partial charge in [-0.05, 0) is 18.2 Å². The third-order valence-corrected chi connectivity index (χ3v) is 2.33. The number of thiazole rings is 1. The van der Waals surface area contributed by atoms with Gasteiger partial charge in [-0.15, -0.1) is 0 Å². The molecule has 0 aliphatic heterocycles. The molecule has 0 saturated heterocycles. The van der Waals surface area contributed by atoms with Crippen molar-refractivity contribution < 1.29 is 9.18 Å². The fourth-order valence-corrected chi connectivity index (χ4v) is 1.73. The average molecular weight is 181 g/mol. The van der Waals surface area contributed by atoms with E-state index >= 15 is 0 Å². The van der Waals surface area contributed by atoms with E-state index in [2.05, 4.69) is 4.98 Å². The molecule has 2 nitrogen and oxygen atoms in total. The van der Waals surface area contributed by atoms with Crippen molar-refractivity contribution in [2.45, 2.75) is 0 Å². The fraction of sp³-hybridized carbons (Fsp3) is 0. The Bertz CT molecular complexity index is 438. The monoisotopic (exact) mass is 181 g/mol. The van der Waals surface area contributed by atoms with E-state index in [1.807, 2.05) is 0 Å². The SMILES string of the molecule is O=Cc1ccc2nc(F)sc2c1. The molecule has 0 saturated carbocycles. The Morgan fingerprint density at radius 1 is 1.50 bits per heavy atom. The van der Waals surface area contributed by atoms with Gasteiger partial charge in [0.1, 0.15) is 6.29 Å². The lowest BCUT2D eigenvalue weighted by Crippen LogP contribution is -1.76. The molecular weight excluding hydrogens is 177 g/mol. The predicted molar refractivity (Wildman–Crippen MR) is 45.0 cm³/mol. The molecule has 2 aromatic rings. The molecule has 0 spiro atoms. The summed E-state index contributed by atoms with van der Waals surface area (Å²) in [6.07, 6.45) is 0.733. The molecule has 1 aromatic carbocycles. The van der Waals surface area contributed by atoms with E-state index in [1.54, 1.807) is 18.2 Å². The molecule has 0 unspecified atom stereocenters. The molecule has 1 heterocycles. The van der Waals surface area contributed by atoms with Gasteiger partial charge in [-0.3, -0.25) is 4.79 Å². The van der Waals surface area contributed by atoms with Gasteiger partial charge in [0.25, 0.3) is 5.26 Å². The first kappa shape index (κ1) is 7.36. The lowest BCUT2D eigenvalue weighted by atomic mass is 10.2. The van der Waals surface area contributed by atoms with Crippen molar-refractivity contribution in [2.75, 3.05) is 0 Å². The van der Waals surface area contributed by atoms with Gasteiger partial charge in [0.05, 0.1) is 10.2 Å². The Morgan fingerprint density at radius 3 is 3.08 bits per heavy atom. The van der Waals surface area contributed by atoms with Crippen molar-refractivity contribution in [3.63, 3.8) is 0 Å². The van der Waals surface area contributed by atoms with Crippen molar-refractivity contribution in [3.05, 3.63) is 29.0 Å². The number of hydrogen-bond acceptors (Lipinski definition) is 3. The summed E-state index contributed by atoms with van der Waals surface area (Å²) >= 11 is 0.945. The summed E-state index contributed by atoms with van der Waals surface area (Å²) in [7, 11) is 0. The second-order valence-electron chi connectivity index (χ2n) is 2.31. The molecular formula is C8H4FNOS. The summed E-state index contributed by atoms with van der Waals surface area (Å²) in [4.78, 5) is 14.0. The highest BCUT2D eigenvalue weighted by molar-refractivity contribution is 7.17. The number of benzene rings is 1. The summed E-state index contributed by atoms with van der Waals surface area (Å²) < 4.78 is 13.3. The van der Waals surface area contributed by atoms with E-state index in [1.165, 1.54) is 0 Å². The van der Waals surface area contributed by atoms with E-state index in [-0.39, 0.29) is 0 Å². The van der Waals surface area contributed by atoms with E-state index in [0.717, 1.165) is 17.6 Å². The zero-order chi connectivity index (χ0) is 8.55. The van der Waals surface area contributed by atoms with Gasteiger partial charge < -0.3 is 0 Å². The van der Waals surface area contributed by atoms with Gasteiger partial charge in [-0.1, -0.05) is 11.3 Å². The van der Waals surface area contributed by atoms with Gasteiger partial charge in [-0.25, -0.2) is 4.98 Å². The number of fused-ring (bicyclic) bond motifs is 1. The number of carbonyl (C=O) groups excluding carboxylic acids is 1. The smallest absolute Gasteiger partial charge is 0.270 e. The van der Waals surface area contributed by atoms with Gasteiger partial charge >= 0.3 is 0 Å². The van der Waals surface area contributed by atoms with E-state index < -0.39 is 5.26 Å². The largest absolute Gasteiger partial charge is 0.298 e. The third-order valence-electron chi connectivity index (χ3n) is 1.52. The highest BCUT2D eigenvalue weighted by atomic mass is 32.1. The number of aldehydes is 1. The summed E-state index contributed by atoms with van der Waals surface area (Å²) in [6, 6.07) is 4.89. The molecule has 0 atom stereocenters. The molecule has 4 heteroatoms. The van der Waals surface area contributed by atoms with Gasteiger partial charge in [0.2, 0.25) is 0 Å². The normalized spacial score (nSPS) is 10.4. The van der Waals surface area contributed by atoms with Crippen molar-refractivity contribution in [1.29, 1.82) is 0 Å². The molecule has 0 aliphatic rings. The van der Waals surface area contributed by atoms with Gasteiger partial charge in [0.15, 0.2) is 0 Å². The van der Waals surface area contributed by atoms with Crippen LogP contribution < -0.4 is 0 Å². The number of carbonyl (C=O) groups is 1. The molecule has 0 amide bonds. The zero-order valence-corrected chi connectivity index (χ0v) is 6.77. The van der Waals surface area contributed by atoms with Crippen LogP contribution >= 0.6 is 11.3 Å².